The van der Waals surface area contributed by atoms with E-state index in [0.29, 0.717) is 17.7 Å². The zero-order valence-electron chi connectivity index (χ0n) is 13.4. The maximum Gasteiger partial charge on any atom is 0.165 e. The van der Waals surface area contributed by atoms with Crippen LogP contribution in [0.2, 0.25) is 0 Å². The third-order valence-electron chi connectivity index (χ3n) is 4.33. The van der Waals surface area contributed by atoms with Crippen LogP contribution < -0.4 is 10.1 Å². The van der Waals surface area contributed by atoms with Gasteiger partial charge in [0.25, 0.3) is 0 Å². The normalized spacial score (nSPS) is 21.0. The fourth-order valence-electron chi connectivity index (χ4n) is 3.15. The van der Waals surface area contributed by atoms with Crippen LogP contribution >= 0.6 is 0 Å². The molecule has 1 aliphatic rings. The molecule has 0 amide bonds. The van der Waals surface area contributed by atoms with Crippen molar-refractivity contribution in [3.05, 3.63) is 24.0 Å². The molecule has 1 aliphatic heterocycles. The zero-order valence-corrected chi connectivity index (χ0v) is 13.4. The number of halogens is 1. The molecular formula is C17H27FN2O. The Morgan fingerprint density at radius 2 is 2.29 bits per heavy atom. The molecule has 0 bridgehead atoms. The first kappa shape index (κ1) is 16.1. The van der Waals surface area contributed by atoms with Crippen molar-refractivity contribution in [1.82, 2.24) is 4.90 Å². The average Bonchev–Trinajstić information content (AvgIpc) is 2.50. The molecule has 1 aromatic rings. The lowest BCUT2D eigenvalue weighted by atomic mass is 9.91. The van der Waals surface area contributed by atoms with Crippen molar-refractivity contribution in [3.8, 4) is 5.75 Å². The summed E-state index contributed by atoms with van der Waals surface area (Å²) >= 11 is 0. The van der Waals surface area contributed by atoms with Gasteiger partial charge in [-0.2, -0.15) is 0 Å². The molecule has 118 valence electrons. The van der Waals surface area contributed by atoms with E-state index in [1.54, 1.807) is 12.1 Å². The molecule has 2 rings (SSSR count). The zero-order chi connectivity index (χ0) is 15.2. The molecule has 3 nitrogen and oxygen atoms in total. The van der Waals surface area contributed by atoms with Gasteiger partial charge in [-0.1, -0.05) is 6.92 Å². The Bertz CT molecular complexity index is 450. The number of piperidine rings is 1. The molecule has 0 radical (unpaired) electrons. The summed E-state index contributed by atoms with van der Waals surface area (Å²) in [6.45, 7) is 8.02. The van der Waals surface area contributed by atoms with Crippen LogP contribution in [0, 0.1) is 11.7 Å². The summed E-state index contributed by atoms with van der Waals surface area (Å²) in [6.07, 6.45) is 3.74. The van der Waals surface area contributed by atoms with E-state index >= 15 is 0 Å². The quantitative estimate of drug-likeness (QED) is 0.864. The molecule has 1 fully saturated rings. The van der Waals surface area contributed by atoms with Gasteiger partial charge in [0.15, 0.2) is 11.6 Å². The van der Waals surface area contributed by atoms with Gasteiger partial charge in [-0.3, -0.25) is 0 Å². The summed E-state index contributed by atoms with van der Waals surface area (Å²) in [7, 11) is 1.50. The monoisotopic (exact) mass is 294 g/mol. The van der Waals surface area contributed by atoms with Gasteiger partial charge >= 0.3 is 0 Å². The van der Waals surface area contributed by atoms with E-state index in [0.717, 1.165) is 12.2 Å². The first-order valence-electron chi connectivity index (χ1n) is 7.96. The molecule has 1 aromatic carbocycles. The van der Waals surface area contributed by atoms with Gasteiger partial charge in [-0.15, -0.1) is 0 Å². The van der Waals surface area contributed by atoms with Crippen LogP contribution in [0.15, 0.2) is 18.2 Å². The highest BCUT2D eigenvalue weighted by atomic mass is 19.1. The van der Waals surface area contributed by atoms with E-state index in [1.807, 2.05) is 0 Å². The first-order chi connectivity index (χ1) is 10.1. The van der Waals surface area contributed by atoms with Crippen LogP contribution in [-0.4, -0.2) is 37.7 Å². The second-order valence-corrected chi connectivity index (χ2v) is 5.99. The highest BCUT2D eigenvalue weighted by molar-refractivity contribution is 5.49. The molecule has 1 saturated heterocycles. The number of likely N-dealkylation sites (tertiary alicyclic amines) is 1. The summed E-state index contributed by atoms with van der Waals surface area (Å²) in [4.78, 5) is 2.55. The summed E-state index contributed by atoms with van der Waals surface area (Å²) in [5, 5.41) is 3.50. The van der Waals surface area contributed by atoms with Crippen LogP contribution in [0.25, 0.3) is 0 Å². The van der Waals surface area contributed by atoms with E-state index in [2.05, 4.69) is 24.1 Å². The lowest BCUT2D eigenvalue weighted by molar-refractivity contribution is 0.165. The Kier molecular flexibility index (Phi) is 5.85. The van der Waals surface area contributed by atoms with E-state index < -0.39 is 0 Å². The Morgan fingerprint density at radius 3 is 3.00 bits per heavy atom. The maximum atomic E-state index is 13.4. The van der Waals surface area contributed by atoms with Crippen LogP contribution in [0.4, 0.5) is 10.1 Å². The number of nitrogens with zero attached hydrogens (tertiary/aromatic N) is 1. The van der Waals surface area contributed by atoms with Crippen molar-refractivity contribution in [2.75, 3.05) is 32.1 Å². The SMILES string of the molecule is CCCN1CCCC(C(C)Nc2ccc(F)c(OC)c2)C1. The van der Waals surface area contributed by atoms with Gasteiger partial charge in [-0.05, 0) is 57.3 Å². The third-order valence-corrected chi connectivity index (χ3v) is 4.33. The molecule has 1 N–H and O–H groups in total. The number of hydrogen-bond acceptors (Lipinski definition) is 3. The van der Waals surface area contributed by atoms with E-state index in [-0.39, 0.29) is 5.82 Å². The smallest absolute Gasteiger partial charge is 0.165 e. The van der Waals surface area contributed by atoms with Gasteiger partial charge in [0, 0.05) is 24.3 Å². The number of benzene rings is 1. The standard InChI is InChI=1S/C17H27FN2O/c1-4-9-20-10-5-6-14(12-20)13(2)19-15-7-8-16(18)17(11-15)21-3/h7-8,11,13-14,19H,4-6,9-10,12H2,1-3H3. The van der Waals surface area contributed by atoms with Crippen molar-refractivity contribution in [3.63, 3.8) is 0 Å². The fourth-order valence-corrected chi connectivity index (χ4v) is 3.15. The lowest BCUT2D eigenvalue weighted by Crippen LogP contribution is -2.42. The molecular weight excluding hydrogens is 267 g/mol. The number of rotatable bonds is 6. The van der Waals surface area contributed by atoms with Gasteiger partial charge in [0.1, 0.15) is 0 Å². The van der Waals surface area contributed by atoms with Crippen LogP contribution in [-0.2, 0) is 0 Å². The largest absolute Gasteiger partial charge is 0.494 e. The average molecular weight is 294 g/mol. The van der Waals surface area contributed by atoms with E-state index in [1.165, 1.54) is 45.5 Å². The highest BCUT2D eigenvalue weighted by Crippen LogP contribution is 2.25. The highest BCUT2D eigenvalue weighted by Gasteiger charge is 2.24. The summed E-state index contributed by atoms with van der Waals surface area (Å²) in [6, 6.07) is 5.34. The molecule has 0 saturated carbocycles. The molecule has 0 spiro atoms. The minimum atomic E-state index is -0.317. The Morgan fingerprint density at radius 1 is 1.48 bits per heavy atom. The van der Waals surface area contributed by atoms with Crippen molar-refractivity contribution < 1.29 is 9.13 Å². The van der Waals surface area contributed by atoms with Crippen molar-refractivity contribution in [1.29, 1.82) is 0 Å². The molecule has 2 unspecified atom stereocenters. The van der Waals surface area contributed by atoms with E-state index in [9.17, 15) is 4.39 Å². The predicted molar refractivity (Wildman–Crippen MR) is 85.5 cm³/mol. The van der Waals surface area contributed by atoms with Gasteiger partial charge in [0.2, 0.25) is 0 Å². The number of nitrogens with one attached hydrogen (secondary N) is 1. The van der Waals surface area contributed by atoms with Crippen LogP contribution in [0.5, 0.6) is 5.75 Å². The molecule has 2 atom stereocenters. The van der Waals surface area contributed by atoms with Gasteiger partial charge in [-0.25, -0.2) is 4.39 Å². The Labute approximate surface area is 127 Å². The number of methoxy groups -OCH3 is 1. The summed E-state index contributed by atoms with van der Waals surface area (Å²) in [5.41, 5.74) is 0.924. The number of ether oxygens (including phenoxy) is 1. The minimum Gasteiger partial charge on any atom is -0.494 e. The minimum absolute atomic E-state index is 0.295. The maximum absolute atomic E-state index is 13.4. The Hall–Kier alpha value is -1.29. The van der Waals surface area contributed by atoms with Gasteiger partial charge in [0.05, 0.1) is 7.11 Å². The van der Waals surface area contributed by atoms with E-state index in [4.69, 9.17) is 4.74 Å². The second kappa shape index (κ2) is 7.64. The number of hydrogen-bond donors (Lipinski definition) is 1. The predicted octanol–water partition coefficient (Wildman–Crippen LogP) is 3.76. The van der Waals surface area contributed by atoms with Gasteiger partial charge < -0.3 is 15.0 Å². The molecule has 1 heterocycles. The Balaban J connectivity index is 1.95. The molecule has 0 aliphatic carbocycles. The first-order valence-corrected chi connectivity index (χ1v) is 7.96. The second-order valence-electron chi connectivity index (χ2n) is 5.99. The van der Waals surface area contributed by atoms with Crippen molar-refractivity contribution in [2.45, 2.75) is 39.2 Å². The van der Waals surface area contributed by atoms with Crippen LogP contribution in [0.3, 0.4) is 0 Å². The molecule has 21 heavy (non-hydrogen) atoms. The molecule has 0 aromatic heterocycles. The fraction of sp³-hybridized carbons (Fsp3) is 0.647. The topological polar surface area (TPSA) is 24.5 Å². The van der Waals surface area contributed by atoms with Crippen LogP contribution in [0.1, 0.15) is 33.1 Å². The number of anilines is 1. The summed E-state index contributed by atoms with van der Waals surface area (Å²) < 4.78 is 18.5. The lowest BCUT2D eigenvalue weighted by Gasteiger charge is -2.36. The van der Waals surface area contributed by atoms with Crippen molar-refractivity contribution in [2.24, 2.45) is 5.92 Å². The molecule has 4 heteroatoms. The van der Waals surface area contributed by atoms with Crippen molar-refractivity contribution >= 4 is 5.69 Å². The third kappa shape index (κ3) is 4.34. The summed E-state index contributed by atoms with van der Waals surface area (Å²) in [5.74, 6) is 0.618.